The van der Waals surface area contributed by atoms with Crippen LogP contribution in [0.25, 0.3) is 0 Å². The molecular weight excluding hydrogens is 334 g/mol. The predicted molar refractivity (Wildman–Crippen MR) is 116 cm³/mol. The van der Waals surface area contributed by atoms with Crippen molar-refractivity contribution in [2.45, 2.75) is 136 Å². The third-order valence-electron chi connectivity index (χ3n) is 6.30. The average molecular weight is 382 g/mol. The first-order valence-electron chi connectivity index (χ1n) is 12.0. The average Bonchev–Trinajstić information content (AvgIpc) is 2.61. The van der Waals surface area contributed by atoms with Gasteiger partial charge < -0.3 is 10.5 Å². The molecule has 3 heteroatoms. The molecule has 0 heterocycles. The standard InChI is InChI=1S/C24H47NO2/c1-4-6-8-10-12-14-16-21(17-15-13-11-9-7-5-2)24(27-20(3)26)22-18-23(25)19-22/h21-24H,4-19,25H2,1-3H3. The SMILES string of the molecule is CCCCCCCCC(CCCCCCCC)C(OC(C)=O)C1CC(N)C1. The van der Waals surface area contributed by atoms with Crippen LogP contribution in [0.3, 0.4) is 0 Å². The van der Waals surface area contributed by atoms with E-state index in [1.165, 1.54) is 89.9 Å². The molecule has 1 rings (SSSR count). The summed E-state index contributed by atoms with van der Waals surface area (Å²) in [6.07, 6.45) is 20.5. The van der Waals surface area contributed by atoms with Gasteiger partial charge in [0.25, 0.3) is 0 Å². The van der Waals surface area contributed by atoms with Crippen LogP contribution in [0, 0.1) is 11.8 Å². The Morgan fingerprint density at radius 1 is 0.852 bits per heavy atom. The molecule has 0 aliphatic heterocycles. The molecular formula is C24H47NO2. The smallest absolute Gasteiger partial charge is 0.302 e. The van der Waals surface area contributed by atoms with Crippen molar-refractivity contribution in [3.05, 3.63) is 0 Å². The first-order chi connectivity index (χ1) is 13.1. The number of unbranched alkanes of at least 4 members (excludes halogenated alkanes) is 10. The van der Waals surface area contributed by atoms with Crippen LogP contribution in [0.1, 0.15) is 124 Å². The Morgan fingerprint density at radius 3 is 1.70 bits per heavy atom. The second-order valence-corrected chi connectivity index (χ2v) is 8.94. The summed E-state index contributed by atoms with van der Waals surface area (Å²) in [4.78, 5) is 11.7. The van der Waals surface area contributed by atoms with Gasteiger partial charge in [-0.15, -0.1) is 0 Å². The van der Waals surface area contributed by atoms with Crippen molar-refractivity contribution >= 4 is 5.97 Å². The lowest BCUT2D eigenvalue weighted by atomic mass is 9.71. The number of esters is 1. The van der Waals surface area contributed by atoms with Gasteiger partial charge in [0.05, 0.1) is 0 Å². The van der Waals surface area contributed by atoms with Crippen molar-refractivity contribution in [2.24, 2.45) is 17.6 Å². The van der Waals surface area contributed by atoms with Crippen LogP contribution in [-0.2, 0) is 9.53 Å². The summed E-state index contributed by atoms with van der Waals surface area (Å²) in [6, 6.07) is 0.316. The third-order valence-corrected chi connectivity index (χ3v) is 6.30. The van der Waals surface area contributed by atoms with Gasteiger partial charge in [-0.05, 0) is 37.5 Å². The van der Waals surface area contributed by atoms with E-state index >= 15 is 0 Å². The number of carbonyl (C=O) groups excluding carboxylic acids is 1. The maximum absolute atomic E-state index is 11.7. The van der Waals surface area contributed by atoms with Gasteiger partial charge in [-0.25, -0.2) is 0 Å². The Morgan fingerprint density at radius 2 is 1.30 bits per heavy atom. The number of hydrogen-bond acceptors (Lipinski definition) is 3. The molecule has 0 aromatic carbocycles. The second-order valence-electron chi connectivity index (χ2n) is 8.94. The van der Waals surface area contributed by atoms with Gasteiger partial charge in [0.1, 0.15) is 6.10 Å². The van der Waals surface area contributed by atoms with Crippen LogP contribution in [0.4, 0.5) is 0 Å². The van der Waals surface area contributed by atoms with Crippen LogP contribution < -0.4 is 5.73 Å². The van der Waals surface area contributed by atoms with Gasteiger partial charge in [-0.1, -0.05) is 90.9 Å². The summed E-state index contributed by atoms with van der Waals surface area (Å²) in [6.45, 7) is 6.10. The fourth-order valence-corrected chi connectivity index (χ4v) is 4.59. The maximum Gasteiger partial charge on any atom is 0.302 e. The largest absolute Gasteiger partial charge is 0.462 e. The van der Waals surface area contributed by atoms with E-state index in [2.05, 4.69) is 13.8 Å². The molecule has 0 saturated heterocycles. The molecule has 2 N–H and O–H groups in total. The monoisotopic (exact) mass is 381 g/mol. The highest BCUT2D eigenvalue weighted by Crippen LogP contribution is 2.37. The summed E-state index contributed by atoms with van der Waals surface area (Å²) < 4.78 is 5.86. The van der Waals surface area contributed by atoms with E-state index < -0.39 is 0 Å². The Kier molecular flexibility index (Phi) is 13.9. The first kappa shape index (κ1) is 24.5. The molecule has 160 valence electrons. The number of hydrogen-bond donors (Lipinski definition) is 1. The minimum atomic E-state index is -0.114. The van der Waals surface area contributed by atoms with Crippen LogP contribution >= 0.6 is 0 Å². The normalized spacial score (nSPS) is 20.5. The zero-order valence-electron chi connectivity index (χ0n) is 18.5. The molecule has 1 aliphatic carbocycles. The summed E-state index contributed by atoms with van der Waals surface area (Å²) in [5, 5.41) is 0. The van der Waals surface area contributed by atoms with Crippen molar-refractivity contribution in [2.75, 3.05) is 0 Å². The second kappa shape index (κ2) is 15.4. The highest BCUT2D eigenvalue weighted by molar-refractivity contribution is 5.66. The highest BCUT2D eigenvalue weighted by Gasteiger charge is 2.38. The lowest BCUT2D eigenvalue weighted by molar-refractivity contribution is -0.156. The summed E-state index contributed by atoms with van der Waals surface area (Å²) in [5.74, 6) is 0.911. The quantitative estimate of drug-likeness (QED) is 0.223. The third kappa shape index (κ3) is 11.1. The molecule has 0 bridgehead atoms. The summed E-state index contributed by atoms with van der Waals surface area (Å²) >= 11 is 0. The fraction of sp³-hybridized carbons (Fsp3) is 0.958. The Labute approximate surface area is 169 Å². The van der Waals surface area contributed by atoms with Crippen molar-refractivity contribution in [3.8, 4) is 0 Å². The Bertz CT molecular complexity index is 349. The number of nitrogens with two attached hydrogens (primary N) is 1. The predicted octanol–water partition coefficient (Wildman–Crippen LogP) is 6.77. The fourth-order valence-electron chi connectivity index (χ4n) is 4.59. The molecule has 3 nitrogen and oxygen atoms in total. The molecule has 1 unspecified atom stereocenters. The molecule has 0 radical (unpaired) electrons. The van der Waals surface area contributed by atoms with Crippen LogP contribution in [-0.4, -0.2) is 18.1 Å². The van der Waals surface area contributed by atoms with Crippen molar-refractivity contribution in [1.82, 2.24) is 0 Å². The molecule has 0 spiro atoms. The molecule has 1 saturated carbocycles. The van der Waals surface area contributed by atoms with Gasteiger partial charge in [-0.3, -0.25) is 4.79 Å². The van der Waals surface area contributed by atoms with E-state index in [1.54, 1.807) is 6.92 Å². The Hall–Kier alpha value is -0.570. The topological polar surface area (TPSA) is 52.3 Å². The maximum atomic E-state index is 11.7. The zero-order valence-corrected chi connectivity index (χ0v) is 18.5. The van der Waals surface area contributed by atoms with Gasteiger partial charge in [0, 0.05) is 13.0 Å². The molecule has 1 atom stereocenters. The minimum absolute atomic E-state index is 0.105. The highest BCUT2D eigenvalue weighted by atomic mass is 16.5. The van der Waals surface area contributed by atoms with Crippen molar-refractivity contribution in [3.63, 3.8) is 0 Å². The van der Waals surface area contributed by atoms with Gasteiger partial charge in [0.2, 0.25) is 0 Å². The van der Waals surface area contributed by atoms with Crippen molar-refractivity contribution < 1.29 is 9.53 Å². The molecule has 1 fully saturated rings. The van der Waals surface area contributed by atoms with Crippen LogP contribution in [0.2, 0.25) is 0 Å². The number of carbonyl (C=O) groups is 1. The molecule has 1 aliphatic rings. The van der Waals surface area contributed by atoms with Gasteiger partial charge in [0.15, 0.2) is 0 Å². The summed E-state index contributed by atoms with van der Waals surface area (Å²) in [7, 11) is 0. The van der Waals surface area contributed by atoms with Crippen LogP contribution in [0.5, 0.6) is 0 Å². The van der Waals surface area contributed by atoms with E-state index in [-0.39, 0.29) is 12.1 Å². The number of rotatable bonds is 17. The lowest BCUT2D eigenvalue weighted by Crippen LogP contribution is -2.46. The van der Waals surface area contributed by atoms with E-state index in [0.29, 0.717) is 17.9 Å². The summed E-state index contributed by atoms with van der Waals surface area (Å²) in [5.41, 5.74) is 6.03. The van der Waals surface area contributed by atoms with Crippen molar-refractivity contribution in [1.29, 1.82) is 0 Å². The Balaban J connectivity index is 2.47. The molecule has 27 heavy (non-hydrogen) atoms. The van der Waals surface area contributed by atoms with E-state index in [9.17, 15) is 4.79 Å². The van der Waals surface area contributed by atoms with Gasteiger partial charge in [-0.2, -0.15) is 0 Å². The number of ether oxygens (including phenoxy) is 1. The van der Waals surface area contributed by atoms with E-state index in [4.69, 9.17) is 10.5 Å². The lowest BCUT2D eigenvalue weighted by Gasteiger charge is -2.41. The van der Waals surface area contributed by atoms with Crippen LogP contribution in [0.15, 0.2) is 0 Å². The first-order valence-corrected chi connectivity index (χ1v) is 12.0. The molecule has 0 aromatic rings. The van der Waals surface area contributed by atoms with Gasteiger partial charge >= 0.3 is 5.97 Å². The van der Waals surface area contributed by atoms with E-state index in [1.807, 2.05) is 0 Å². The van der Waals surface area contributed by atoms with E-state index in [0.717, 1.165) is 12.8 Å². The molecule has 0 aromatic heterocycles. The molecule has 0 amide bonds. The minimum Gasteiger partial charge on any atom is -0.462 e. The zero-order chi connectivity index (χ0) is 19.9.